The van der Waals surface area contributed by atoms with E-state index in [0.29, 0.717) is 31.2 Å². The SMILES string of the molecule is COc1ccc(CCC(=O)N2CC(c3nc(C)no3)C2)cc1. The van der Waals surface area contributed by atoms with Crippen LogP contribution in [0.25, 0.3) is 0 Å². The van der Waals surface area contributed by atoms with Crippen molar-refractivity contribution in [2.75, 3.05) is 20.2 Å². The molecule has 0 aliphatic carbocycles. The van der Waals surface area contributed by atoms with Crippen LogP contribution in [0.1, 0.15) is 29.6 Å². The summed E-state index contributed by atoms with van der Waals surface area (Å²) in [7, 11) is 1.64. The lowest BCUT2D eigenvalue weighted by Gasteiger charge is -2.37. The van der Waals surface area contributed by atoms with Gasteiger partial charge in [0.05, 0.1) is 13.0 Å². The molecule has 0 unspecified atom stereocenters. The summed E-state index contributed by atoms with van der Waals surface area (Å²) in [6.07, 6.45) is 1.26. The molecule has 6 heteroatoms. The topological polar surface area (TPSA) is 68.5 Å². The number of rotatable bonds is 5. The lowest BCUT2D eigenvalue weighted by atomic mass is 9.99. The van der Waals surface area contributed by atoms with Gasteiger partial charge >= 0.3 is 0 Å². The summed E-state index contributed by atoms with van der Waals surface area (Å²) in [5.74, 6) is 2.46. The van der Waals surface area contributed by atoms with Crippen LogP contribution in [-0.4, -0.2) is 41.1 Å². The normalized spacial score (nSPS) is 14.7. The third-order valence-corrected chi connectivity index (χ3v) is 3.91. The van der Waals surface area contributed by atoms with E-state index in [1.54, 1.807) is 14.0 Å². The van der Waals surface area contributed by atoms with Gasteiger partial charge in [0.1, 0.15) is 5.75 Å². The molecule has 3 rings (SSSR count). The van der Waals surface area contributed by atoms with E-state index in [0.717, 1.165) is 17.7 Å². The van der Waals surface area contributed by atoms with Crippen LogP contribution in [0.4, 0.5) is 0 Å². The molecule has 116 valence electrons. The van der Waals surface area contributed by atoms with Crippen LogP contribution < -0.4 is 4.74 Å². The number of carbonyl (C=O) groups excluding carboxylic acids is 1. The minimum Gasteiger partial charge on any atom is -0.497 e. The standard InChI is InChI=1S/C16H19N3O3/c1-11-17-16(22-18-11)13-9-19(10-13)15(20)8-5-12-3-6-14(21-2)7-4-12/h3-4,6-7,13H,5,8-10H2,1-2H3. The average Bonchev–Trinajstić information content (AvgIpc) is 2.90. The smallest absolute Gasteiger partial charge is 0.233 e. The van der Waals surface area contributed by atoms with Gasteiger partial charge in [0.25, 0.3) is 0 Å². The van der Waals surface area contributed by atoms with Gasteiger partial charge in [-0.05, 0) is 31.0 Å². The molecule has 1 aromatic carbocycles. The molecule has 0 atom stereocenters. The number of likely N-dealkylation sites (tertiary alicyclic amines) is 1. The first kappa shape index (κ1) is 14.6. The van der Waals surface area contributed by atoms with Crippen molar-refractivity contribution in [1.82, 2.24) is 15.0 Å². The van der Waals surface area contributed by atoms with Gasteiger partial charge in [-0.1, -0.05) is 17.3 Å². The Morgan fingerprint density at radius 3 is 2.68 bits per heavy atom. The van der Waals surface area contributed by atoms with E-state index < -0.39 is 0 Å². The number of benzene rings is 1. The van der Waals surface area contributed by atoms with Gasteiger partial charge in [-0.2, -0.15) is 4.98 Å². The zero-order chi connectivity index (χ0) is 15.5. The minimum absolute atomic E-state index is 0.170. The van der Waals surface area contributed by atoms with E-state index >= 15 is 0 Å². The van der Waals surface area contributed by atoms with E-state index in [4.69, 9.17) is 9.26 Å². The van der Waals surface area contributed by atoms with Crippen molar-refractivity contribution < 1.29 is 14.1 Å². The number of aromatic nitrogens is 2. The number of nitrogens with zero attached hydrogens (tertiary/aromatic N) is 3. The lowest BCUT2D eigenvalue weighted by molar-refractivity contribution is -0.135. The Hall–Kier alpha value is -2.37. The van der Waals surface area contributed by atoms with Gasteiger partial charge in [-0.25, -0.2) is 0 Å². The molecule has 0 N–H and O–H groups in total. The molecule has 1 amide bonds. The Kier molecular flexibility index (Phi) is 4.09. The Morgan fingerprint density at radius 1 is 1.36 bits per heavy atom. The highest BCUT2D eigenvalue weighted by molar-refractivity contribution is 5.77. The maximum absolute atomic E-state index is 12.1. The molecular weight excluding hydrogens is 282 g/mol. The Balaban J connectivity index is 1.45. The monoisotopic (exact) mass is 301 g/mol. The van der Waals surface area contributed by atoms with E-state index in [2.05, 4.69) is 10.1 Å². The molecule has 1 aliphatic rings. The molecular formula is C16H19N3O3. The highest BCUT2D eigenvalue weighted by atomic mass is 16.5. The van der Waals surface area contributed by atoms with Crippen LogP contribution in [0.5, 0.6) is 5.75 Å². The van der Waals surface area contributed by atoms with E-state index in [-0.39, 0.29) is 11.8 Å². The third kappa shape index (κ3) is 3.10. The summed E-state index contributed by atoms with van der Waals surface area (Å²) in [4.78, 5) is 18.2. The number of carbonyl (C=O) groups is 1. The number of hydrogen-bond donors (Lipinski definition) is 0. The van der Waals surface area contributed by atoms with Crippen LogP contribution in [-0.2, 0) is 11.2 Å². The van der Waals surface area contributed by atoms with Gasteiger partial charge in [0.2, 0.25) is 11.8 Å². The van der Waals surface area contributed by atoms with Crippen molar-refractivity contribution in [2.45, 2.75) is 25.7 Å². The third-order valence-electron chi connectivity index (χ3n) is 3.91. The summed E-state index contributed by atoms with van der Waals surface area (Å²) in [6, 6.07) is 7.81. The Labute approximate surface area is 129 Å². The average molecular weight is 301 g/mol. The summed E-state index contributed by atoms with van der Waals surface area (Å²) in [5.41, 5.74) is 1.14. The van der Waals surface area contributed by atoms with Crippen LogP contribution in [0, 0.1) is 6.92 Å². The largest absolute Gasteiger partial charge is 0.497 e. The van der Waals surface area contributed by atoms with Crippen molar-refractivity contribution in [1.29, 1.82) is 0 Å². The van der Waals surface area contributed by atoms with E-state index in [1.165, 1.54) is 0 Å². The fourth-order valence-electron chi connectivity index (χ4n) is 2.52. The molecule has 0 bridgehead atoms. The second-order valence-corrected chi connectivity index (χ2v) is 5.52. The van der Waals surface area contributed by atoms with Gasteiger partial charge in [0, 0.05) is 19.5 Å². The van der Waals surface area contributed by atoms with Crippen LogP contribution in [0.15, 0.2) is 28.8 Å². The van der Waals surface area contributed by atoms with Crippen molar-refractivity contribution in [3.05, 3.63) is 41.5 Å². The predicted molar refractivity (Wildman–Crippen MR) is 79.7 cm³/mol. The summed E-state index contributed by atoms with van der Waals surface area (Å²) >= 11 is 0. The number of methoxy groups -OCH3 is 1. The first-order valence-corrected chi connectivity index (χ1v) is 7.36. The molecule has 0 saturated carbocycles. The summed E-state index contributed by atoms with van der Waals surface area (Å²) < 4.78 is 10.3. The molecule has 1 aromatic heterocycles. The number of amides is 1. The zero-order valence-electron chi connectivity index (χ0n) is 12.8. The lowest BCUT2D eigenvalue weighted by Crippen LogP contribution is -2.48. The molecule has 2 aromatic rings. The maximum atomic E-state index is 12.1. The van der Waals surface area contributed by atoms with Crippen LogP contribution in [0.3, 0.4) is 0 Å². The number of hydrogen-bond acceptors (Lipinski definition) is 5. The molecule has 1 aliphatic heterocycles. The van der Waals surface area contributed by atoms with Crippen LogP contribution >= 0.6 is 0 Å². The van der Waals surface area contributed by atoms with E-state index in [9.17, 15) is 4.79 Å². The van der Waals surface area contributed by atoms with Crippen LogP contribution in [0.2, 0.25) is 0 Å². The highest BCUT2D eigenvalue weighted by Crippen LogP contribution is 2.26. The molecule has 1 fully saturated rings. The van der Waals surface area contributed by atoms with Gasteiger partial charge in [-0.3, -0.25) is 4.79 Å². The second-order valence-electron chi connectivity index (χ2n) is 5.52. The van der Waals surface area contributed by atoms with Crippen molar-refractivity contribution in [2.24, 2.45) is 0 Å². The summed E-state index contributed by atoms with van der Waals surface area (Å²) in [5, 5.41) is 3.78. The molecule has 1 saturated heterocycles. The molecule has 0 radical (unpaired) electrons. The zero-order valence-corrected chi connectivity index (χ0v) is 12.8. The highest BCUT2D eigenvalue weighted by Gasteiger charge is 2.34. The quantitative estimate of drug-likeness (QED) is 0.844. The van der Waals surface area contributed by atoms with Gasteiger partial charge in [0.15, 0.2) is 5.82 Å². The summed E-state index contributed by atoms with van der Waals surface area (Å²) in [6.45, 7) is 3.13. The van der Waals surface area contributed by atoms with E-state index in [1.807, 2.05) is 29.2 Å². The molecule has 22 heavy (non-hydrogen) atoms. The molecule has 0 spiro atoms. The maximum Gasteiger partial charge on any atom is 0.233 e. The predicted octanol–water partition coefficient (Wildman–Crippen LogP) is 1.95. The molecule has 6 nitrogen and oxygen atoms in total. The molecule has 2 heterocycles. The first-order valence-electron chi connectivity index (χ1n) is 7.36. The number of ether oxygens (including phenoxy) is 1. The Morgan fingerprint density at radius 2 is 2.09 bits per heavy atom. The fraction of sp³-hybridized carbons (Fsp3) is 0.438. The van der Waals surface area contributed by atoms with Gasteiger partial charge in [-0.15, -0.1) is 0 Å². The van der Waals surface area contributed by atoms with Crippen molar-refractivity contribution in [3.8, 4) is 5.75 Å². The van der Waals surface area contributed by atoms with Crippen molar-refractivity contribution in [3.63, 3.8) is 0 Å². The Bertz CT molecular complexity index is 645. The number of aryl methyl sites for hydroxylation is 2. The van der Waals surface area contributed by atoms with Gasteiger partial charge < -0.3 is 14.2 Å². The fourth-order valence-corrected chi connectivity index (χ4v) is 2.52. The van der Waals surface area contributed by atoms with Crippen molar-refractivity contribution >= 4 is 5.91 Å². The first-order chi connectivity index (χ1) is 10.7. The second kappa shape index (κ2) is 6.17. The minimum atomic E-state index is 0.170.